The molecule has 0 amide bonds. The first kappa shape index (κ1) is 8.47. The number of anilines is 1. The lowest BCUT2D eigenvalue weighted by atomic mass is 10.1. The summed E-state index contributed by atoms with van der Waals surface area (Å²) >= 11 is 0. The zero-order valence-corrected chi connectivity index (χ0v) is 8.35. The molecular formula is C11H12N4. The van der Waals surface area contributed by atoms with Crippen LogP contribution in [0.1, 0.15) is 12.1 Å². The van der Waals surface area contributed by atoms with E-state index in [-0.39, 0.29) is 0 Å². The summed E-state index contributed by atoms with van der Waals surface area (Å²) in [6, 6.07) is 5.97. The normalized spacial score (nSPS) is 14.4. The molecule has 3 heterocycles. The number of nitrogens with zero attached hydrogens (tertiary/aromatic N) is 3. The van der Waals surface area contributed by atoms with Crippen molar-refractivity contribution in [2.24, 2.45) is 0 Å². The van der Waals surface area contributed by atoms with E-state index in [1.165, 1.54) is 0 Å². The average molecular weight is 200 g/mol. The number of rotatable bonds is 1. The maximum absolute atomic E-state index is 4.59. The van der Waals surface area contributed by atoms with Crippen molar-refractivity contribution >= 4 is 5.69 Å². The molecule has 0 bridgehead atoms. The van der Waals surface area contributed by atoms with Crippen LogP contribution in [0.3, 0.4) is 0 Å². The number of pyridine rings is 1. The van der Waals surface area contributed by atoms with Crippen molar-refractivity contribution in [3.63, 3.8) is 0 Å². The van der Waals surface area contributed by atoms with Crippen molar-refractivity contribution < 1.29 is 0 Å². The van der Waals surface area contributed by atoms with Crippen LogP contribution in [0, 0.1) is 0 Å². The first-order chi connectivity index (χ1) is 7.43. The van der Waals surface area contributed by atoms with Crippen LogP contribution in [0.25, 0.3) is 5.82 Å². The van der Waals surface area contributed by atoms with Gasteiger partial charge in [0, 0.05) is 18.9 Å². The van der Waals surface area contributed by atoms with Gasteiger partial charge in [-0.05, 0) is 31.0 Å². The quantitative estimate of drug-likeness (QED) is 0.760. The van der Waals surface area contributed by atoms with Crippen molar-refractivity contribution in [2.45, 2.75) is 12.8 Å². The van der Waals surface area contributed by atoms with Crippen molar-refractivity contribution in [1.82, 2.24) is 14.8 Å². The van der Waals surface area contributed by atoms with E-state index in [9.17, 15) is 0 Å². The lowest BCUT2D eigenvalue weighted by molar-refractivity contribution is 0.776. The van der Waals surface area contributed by atoms with E-state index < -0.39 is 0 Å². The minimum Gasteiger partial charge on any atom is -0.384 e. The second kappa shape index (κ2) is 3.38. The van der Waals surface area contributed by atoms with E-state index in [0.717, 1.165) is 36.6 Å². The van der Waals surface area contributed by atoms with Crippen LogP contribution in [-0.2, 0) is 6.42 Å². The average Bonchev–Trinajstić information content (AvgIpc) is 2.82. The van der Waals surface area contributed by atoms with Crippen LogP contribution < -0.4 is 5.32 Å². The molecule has 1 N–H and O–H groups in total. The highest BCUT2D eigenvalue weighted by Gasteiger charge is 2.10. The molecule has 0 spiro atoms. The SMILES string of the molecule is c1cnn(-c2ccc3c(n2)CCCN3)c1. The van der Waals surface area contributed by atoms with Gasteiger partial charge in [0.05, 0.1) is 11.4 Å². The molecular weight excluding hydrogens is 188 g/mol. The molecule has 76 valence electrons. The summed E-state index contributed by atoms with van der Waals surface area (Å²) in [5, 5.41) is 7.51. The summed E-state index contributed by atoms with van der Waals surface area (Å²) in [4.78, 5) is 4.59. The van der Waals surface area contributed by atoms with Crippen molar-refractivity contribution in [2.75, 3.05) is 11.9 Å². The summed E-state index contributed by atoms with van der Waals surface area (Å²) in [5.74, 6) is 0.891. The number of aryl methyl sites for hydroxylation is 1. The monoisotopic (exact) mass is 200 g/mol. The number of nitrogens with one attached hydrogen (secondary N) is 1. The van der Waals surface area contributed by atoms with Gasteiger partial charge in [-0.2, -0.15) is 5.10 Å². The fourth-order valence-corrected chi connectivity index (χ4v) is 1.85. The molecule has 0 aliphatic carbocycles. The Morgan fingerprint density at radius 3 is 3.20 bits per heavy atom. The lowest BCUT2D eigenvalue weighted by Gasteiger charge is -2.17. The number of hydrogen-bond donors (Lipinski definition) is 1. The minimum absolute atomic E-state index is 0.891. The van der Waals surface area contributed by atoms with E-state index in [2.05, 4.69) is 21.5 Å². The molecule has 2 aromatic rings. The van der Waals surface area contributed by atoms with Crippen molar-refractivity contribution in [3.8, 4) is 5.82 Å². The predicted molar refractivity (Wildman–Crippen MR) is 58.2 cm³/mol. The van der Waals surface area contributed by atoms with Gasteiger partial charge in [0.15, 0.2) is 5.82 Å². The van der Waals surface area contributed by atoms with Crippen LogP contribution >= 0.6 is 0 Å². The Kier molecular flexibility index (Phi) is 1.91. The highest BCUT2D eigenvalue weighted by molar-refractivity contribution is 5.51. The van der Waals surface area contributed by atoms with Gasteiger partial charge in [-0.1, -0.05) is 0 Å². The van der Waals surface area contributed by atoms with Crippen LogP contribution in [0.4, 0.5) is 5.69 Å². The first-order valence-electron chi connectivity index (χ1n) is 5.17. The Balaban J connectivity index is 2.04. The van der Waals surface area contributed by atoms with Gasteiger partial charge in [0.25, 0.3) is 0 Å². The molecule has 0 radical (unpaired) electrons. The number of hydrogen-bond acceptors (Lipinski definition) is 3. The Morgan fingerprint density at radius 2 is 2.33 bits per heavy atom. The first-order valence-corrected chi connectivity index (χ1v) is 5.17. The van der Waals surface area contributed by atoms with E-state index in [0.29, 0.717) is 0 Å². The van der Waals surface area contributed by atoms with Crippen LogP contribution in [0.5, 0.6) is 0 Å². The summed E-state index contributed by atoms with van der Waals surface area (Å²) in [5.41, 5.74) is 2.31. The molecule has 3 rings (SSSR count). The number of aromatic nitrogens is 3. The molecule has 1 aliphatic rings. The zero-order valence-electron chi connectivity index (χ0n) is 8.35. The molecule has 0 aromatic carbocycles. The van der Waals surface area contributed by atoms with Gasteiger partial charge in [-0.15, -0.1) is 0 Å². The molecule has 0 saturated carbocycles. The van der Waals surface area contributed by atoms with Crippen LogP contribution in [0.15, 0.2) is 30.6 Å². The van der Waals surface area contributed by atoms with E-state index in [1.807, 2.05) is 18.3 Å². The maximum Gasteiger partial charge on any atom is 0.153 e. The van der Waals surface area contributed by atoms with Gasteiger partial charge in [0.1, 0.15) is 0 Å². The van der Waals surface area contributed by atoms with Crippen LogP contribution in [-0.4, -0.2) is 21.3 Å². The largest absolute Gasteiger partial charge is 0.384 e. The zero-order chi connectivity index (χ0) is 10.1. The van der Waals surface area contributed by atoms with Gasteiger partial charge in [-0.3, -0.25) is 0 Å². The second-order valence-corrected chi connectivity index (χ2v) is 3.64. The number of fused-ring (bicyclic) bond motifs is 1. The Labute approximate surface area is 88.0 Å². The standard InChI is InChI=1S/C11H12N4/c1-3-10-9(12-6-1)4-5-11(14-10)15-8-2-7-13-15/h2,4-5,7-8,12H,1,3,6H2. The molecule has 0 atom stereocenters. The predicted octanol–water partition coefficient (Wildman–Crippen LogP) is 1.63. The maximum atomic E-state index is 4.59. The molecule has 4 heteroatoms. The lowest BCUT2D eigenvalue weighted by Crippen LogP contribution is -2.14. The Bertz CT molecular complexity index is 461. The molecule has 0 saturated heterocycles. The summed E-state index contributed by atoms with van der Waals surface area (Å²) in [7, 11) is 0. The van der Waals surface area contributed by atoms with Crippen molar-refractivity contribution in [1.29, 1.82) is 0 Å². The molecule has 2 aromatic heterocycles. The van der Waals surface area contributed by atoms with Crippen LogP contribution in [0.2, 0.25) is 0 Å². The van der Waals surface area contributed by atoms with Crippen molar-refractivity contribution in [3.05, 3.63) is 36.3 Å². The third-order valence-electron chi connectivity index (χ3n) is 2.60. The topological polar surface area (TPSA) is 42.7 Å². The smallest absolute Gasteiger partial charge is 0.153 e. The highest BCUT2D eigenvalue weighted by Crippen LogP contribution is 2.20. The summed E-state index contributed by atoms with van der Waals surface area (Å²) in [6.07, 6.45) is 5.88. The third-order valence-corrected chi connectivity index (χ3v) is 2.60. The second-order valence-electron chi connectivity index (χ2n) is 3.64. The fraction of sp³-hybridized carbons (Fsp3) is 0.273. The molecule has 15 heavy (non-hydrogen) atoms. The third kappa shape index (κ3) is 1.48. The molecule has 0 fully saturated rings. The van der Waals surface area contributed by atoms with E-state index in [4.69, 9.17) is 0 Å². The summed E-state index contributed by atoms with van der Waals surface area (Å²) < 4.78 is 1.79. The molecule has 0 unspecified atom stereocenters. The highest BCUT2D eigenvalue weighted by atomic mass is 15.3. The molecule has 1 aliphatic heterocycles. The van der Waals surface area contributed by atoms with Gasteiger partial charge >= 0.3 is 0 Å². The van der Waals surface area contributed by atoms with E-state index >= 15 is 0 Å². The van der Waals surface area contributed by atoms with E-state index in [1.54, 1.807) is 10.9 Å². The fourth-order valence-electron chi connectivity index (χ4n) is 1.85. The Morgan fingerprint density at radius 1 is 1.33 bits per heavy atom. The van der Waals surface area contributed by atoms with Gasteiger partial charge in [-0.25, -0.2) is 9.67 Å². The summed E-state index contributed by atoms with van der Waals surface area (Å²) in [6.45, 7) is 1.05. The Hall–Kier alpha value is -1.84. The van der Waals surface area contributed by atoms with Gasteiger partial charge < -0.3 is 5.32 Å². The minimum atomic E-state index is 0.891. The molecule has 4 nitrogen and oxygen atoms in total. The van der Waals surface area contributed by atoms with Gasteiger partial charge in [0.2, 0.25) is 0 Å².